The fourth-order valence-corrected chi connectivity index (χ4v) is 5.78. The van der Waals surface area contributed by atoms with Crippen LogP contribution in [0.15, 0.2) is 40.6 Å². The van der Waals surface area contributed by atoms with E-state index < -0.39 is 10.0 Å². The van der Waals surface area contributed by atoms with Gasteiger partial charge in [-0.15, -0.1) is 11.3 Å². The summed E-state index contributed by atoms with van der Waals surface area (Å²) < 4.78 is 33.2. The van der Waals surface area contributed by atoms with Crippen molar-refractivity contribution in [3.05, 3.63) is 46.2 Å². The third-order valence-electron chi connectivity index (χ3n) is 4.76. The minimum Gasteiger partial charge on any atom is -0.495 e. The molecule has 1 saturated heterocycles. The van der Waals surface area contributed by atoms with Crippen molar-refractivity contribution < 1.29 is 17.9 Å². The molecule has 0 aliphatic carbocycles. The van der Waals surface area contributed by atoms with Gasteiger partial charge in [0.1, 0.15) is 10.6 Å². The summed E-state index contributed by atoms with van der Waals surface area (Å²) in [6, 6.07) is 8.34. The topological polar surface area (TPSA) is 75.7 Å². The highest BCUT2D eigenvalue weighted by molar-refractivity contribution is 7.89. The molecule has 1 aromatic heterocycles. The van der Waals surface area contributed by atoms with E-state index in [-0.39, 0.29) is 22.6 Å². The summed E-state index contributed by atoms with van der Waals surface area (Å²) in [7, 11) is -2.30. The first kappa shape index (κ1) is 19.9. The Morgan fingerprint density at radius 1 is 1.33 bits per heavy atom. The molecule has 3 rings (SSSR count). The van der Waals surface area contributed by atoms with E-state index in [0.717, 1.165) is 24.1 Å². The monoisotopic (exact) mass is 408 g/mol. The van der Waals surface area contributed by atoms with Crippen molar-refractivity contribution in [2.24, 2.45) is 0 Å². The van der Waals surface area contributed by atoms with Crippen molar-refractivity contribution in [1.29, 1.82) is 0 Å². The summed E-state index contributed by atoms with van der Waals surface area (Å²) in [4.78, 5) is 13.6. The van der Waals surface area contributed by atoms with Gasteiger partial charge in [0.05, 0.1) is 13.7 Å². The first-order valence-corrected chi connectivity index (χ1v) is 11.3. The smallest absolute Gasteiger partial charge is 0.251 e. The lowest BCUT2D eigenvalue weighted by molar-refractivity contribution is 0.0951. The van der Waals surface area contributed by atoms with Crippen molar-refractivity contribution in [3.63, 3.8) is 0 Å². The van der Waals surface area contributed by atoms with Crippen LogP contribution in [0, 0.1) is 0 Å². The molecular weight excluding hydrogens is 384 g/mol. The number of benzene rings is 1. The van der Waals surface area contributed by atoms with Crippen molar-refractivity contribution in [2.75, 3.05) is 13.7 Å². The predicted octanol–water partition coefficient (Wildman–Crippen LogP) is 3.25. The number of piperidine rings is 1. The van der Waals surface area contributed by atoms with Gasteiger partial charge in [-0.3, -0.25) is 4.79 Å². The fourth-order valence-electron chi connectivity index (χ4n) is 3.26. The molecule has 6 nitrogen and oxygen atoms in total. The molecule has 1 aliphatic rings. The van der Waals surface area contributed by atoms with Crippen LogP contribution in [-0.2, 0) is 16.6 Å². The molecule has 8 heteroatoms. The Morgan fingerprint density at radius 2 is 2.15 bits per heavy atom. The quantitative estimate of drug-likeness (QED) is 0.796. The Morgan fingerprint density at radius 3 is 2.81 bits per heavy atom. The predicted molar refractivity (Wildman–Crippen MR) is 106 cm³/mol. The van der Waals surface area contributed by atoms with Crippen molar-refractivity contribution in [2.45, 2.75) is 43.7 Å². The molecule has 1 aromatic carbocycles. The third kappa shape index (κ3) is 4.34. The van der Waals surface area contributed by atoms with Crippen LogP contribution in [0.3, 0.4) is 0 Å². The maximum atomic E-state index is 13.2. The van der Waals surface area contributed by atoms with E-state index in [0.29, 0.717) is 18.7 Å². The second-order valence-electron chi connectivity index (χ2n) is 6.59. The molecule has 2 aromatic rings. The minimum atomic E-state index is -3.74. The number of nitrogens with one attached hydrogen (secondary N) is 1. The molecule has 2 heterocycles. The van der Waals surface area contributed by atoms with E-state index in [2.05, 4.69) is 5.32 Å². The number of hydrogen-bond donors (Lipinski definition) is 1. The maximum Gasteiger partial charge on any atom is 0.251 e. The van der Waals surface area contributed by atoms with Gasteiger partial charge in [-0.05, 0) is 49.4 Å². The highest BCUT2D eigenvalue weighted by Gasteiger charge is 2.33. The van der Waals surface area contributed by atoms with E-state index >= 15 is 0 Å². The van der Waals surface area contributed by atoms with E-state index in [1.807, 2.05) is 24.4 Å². The molecule has 0 bridgehead atoms. The first-order chi connectivity index (χ1) is 12.9. The molecule has 0 spiro atoms. The van der Waals surface area contributed by atoms with Crippen LogP contribution in [0.1, 0.15) is 41.4 Å². The van der Waals surface area contributed by atoms with E-state index in [4.69, 9.17) is 4.74 Å². The van der Waals surface area contributed by atoms with Crippen molar-refractivity contribution >= 4 is 27.3 Å². The third-order valence-corrected chi connectivity index (χ3v) is 7.67. The highest BCUT2D eigenvalue weighted by atomic mass is 32.2. The number of carbonyl (C=O) groups excluding carboxylic acids is 1. The number of carbonyl (C=O) groups is 1. The summed E-state index contributed by atoms with van der Waals surface area (Å²) in [5.74, 6) is -0.0585. The van der Waals surface area contributed by atoms with Gasteiger partial charge < -0.3 is 10.1 Å². The summed E-state index contributed by atoms with van der Waals surface area (Å²) >= 11 is 1.56. The average Bonchev–Trinajstić information content (AvgIpc) is 3.19. The molecule has 1 N–H and O–H groups in total. The lowest BCUT2D eigenvalue weighted by atomic mass is 10.1. The molecule has 0 radical (unpaired) electrons. The summed E-state index contributed by atoms with van der Waals surface area (Å²) in [6.07, 6.45) is 2.70. The number of methoxy groups -OCH3 is 1. The Balaban J connectivity index is 1.87. The Hall–Kier alpha value is -1.90. The number of thiophene rings is 1. The Kier molecular flexibility index (Phi) is 6.18. The van der Waals surface area contributed by atoms with Gasteiger partial charge in [-0.1, -0.05) is 12.5 Å². The number of amides is 1. The summed E-state index contributed by atoms with van der Waals surface area (Å²) in [5, 5.41) is 4.77. The number of sulfonamides is 1. The zero-order valence-corrected chi connectivity index (χ0v) is 17.1. The van der Waals surface area contributed by atoms with Gasteiger partial charge in [0.25, 0.3) is 5.91 Å². The SMILES string of the molecule is COc1ccc(C(=O)NCc2cccs2)cc1S(=O)(=O)N1CCCCC1C. The van der Waals surface area contributed by atoms with Gasteiger partial charge >= 0.3 is 0 Å². The number of hydrogen-bond acceptors (Lipinski definition) is 5. The second kappa shape index (κ2) is 8.41. The largest absolute Gasteiger partial charge is 0.495 e. The molecule has 146 valence electrons. The number of ether oxygens (including phenoxy) is 1. The standard InChI is InChI=1S/C19H24N2O4S2/c1-14-6-3-4-10-21(14)27(23,24)18-12-15(8-9-17(18)25-2)19(22)20-13-16-7-5-11-26-16/h5,7-9,11-12,14H,3-4,6,10,13H2,1-2H3,(H,20,22). The van der Waals surface area contributed by atoms with Gasteiger partial charge in [0.2, 0.25) is 10.0 Å². The van der Waals surface area contributed by atoms with Gasteiger partial charge in [-0.2, -0.15) is 4.31 Å². The molecule has 1 fully saturated rings. The maximum absolute atomic E-state index is 13.2. The minimum absolute atomic E-state index is 0.0440. The van der Waals surface area contributed by atoms with Crippen LogP contribution < -0.4 is 10.1 Å². The second-order valence-corrected chi connectivity index (χ2v) is 9.48. The summed E-state index contributed by atoms with van der Waals surface area (Å²) in [5.41, 5.74) is 0.301. The zero-order valence-electron chi connectivity index (χ0n) is 15.5. The molecule has 1 aliphatic heterocycles. The van der Waals surface area contributed by atoms with Crippen LogP contribution in [0.5, 0.6) is 5.75 Å². The zero-order chi connectivity index (χ0) is 19.4. The normalized spacial score (nSPS) is 18.2. The molecule has 1 atom stereocenters. The molecule has 1 unspecified atom stereocenters. The summed E-state index contributed by atoms with van der Waals surface area (Å²) in [6.45, 7) is 2.82. The number of rotatable bonds is 6. The first-order valence-electron chi connectivity index (χ1n) is 8.94. The van der Waals surface area contributed by atoms with Crippen molar-refractivity contribution in [3.8, 4) is 5.75 Å². The fraction of sp³-hybridized carbons (Fsp3) is 0.421. The van der Waals surface area contributed by atoms with Crippen LogP contribution >= 0.6 is 11.3 Å². The van der Waals surface area contributed by atoms with E-state index in [1.54, 1.807) is 23.5 Å². The van der Waals surface area contributed by atoms with Gasteiger partial charge in [0, 0.05) is 23.0 Å². The molecule has 27 heavy (non-hydrogen) atoms. The van der Waals surface area contributed by atoms with E-state index in [1.165, 1.54) is 17.5 Å². The molecular formula is C19H24N2O4S2. The van der Waals surface area contributed by atoms with Crippen molar-refractivity contribution in [1.82, 2.24) is 9.62 Å². The van der Waals surface area contributed by atoms with Gasteiger partial charge in [-0.25, -0.2) is 8.42 Å². The van der Waals surface area contributed by atoms with Gasteiger partial charge in [0.15, 0.2) is 0 Å². The van der Waals surface area contributed by atoms with Crippen LogP contribution in [-0.4, -0.2) is 38.3 Å². The van der Waals surface area contributed by atoms with Crippen LogP contribution in [0.2, 0.25) is 0 Å². The lowest BCUT2D eigenvalue weighted by Crippen LogP contribution is -2.42. The van der Waals surface area contributed by atoms with E-state index in [9.17, 15) is 13.2 Å². The Bertz CT molecular complexity index is 894. The van der Waals surface area contributed by atoms with Crippen LogP contribution in [0.4, 0.5) is 0 Å². The molecule has 1 amide bonds. The number of nitrogens with zero attached hydrogens (tertiary/aromatic N) is 1. The van der Waals surface area contributed by atoms with Crippen LogP contribution in [0.25, 0.3) is 0 Å². The Labute approximate surface area is 164 Å². The average molecular weight is 409 g/mol. The molecule has 0 saturated carbocycles. The highest BCUT2D eigenvalue weighted by Crippen LogP contribution is 2.31. The lowest BCUT2D eigenvalue weighted by Gasteiger charge is -2.32.